The highest BCUT2D eigenvalue weighted by Crippen LogP contribution is 2.22. The molecule has 0 aromatic heterocycles. The Morgan fingerprint density at radius 2 is 2.00 bits per heavy atom. The minimum absolute atomic E-state index is 0.579. The van der Waals surface area contributed by atoms with E-state index in [2.05, 4.69) is 34.1 Å². The summed E-state index contributed by atoms with van der Waals surface area (Å²) in [6, 6.07) is 17.6. The molecule has 2 aromatic carbocycles. The summed E-state index contributed by atoms with van der Waals surface area (Å²) in [7, 11) is 0. The van der Waals surface area contributed by atoms with Crippen LogP contribution in [-0.4, -0.2) is 12.4 Å². The molecule has 0 saturated heterocycles. The van der Waals surface area contributed by atoms with Crippen molar-refractivity contribution in [1.82, 2.24) is 0 Å². The second-order valence-electron chi connectivity index (χ2n) is 3.76. The molecule has 0 aliphatic heterocycles. The molecule has 4 heteroatoms. The van der Waals surface area contributed by atoms with E-state index in [1.807, 2.05) is 30.3 Å². The zero-order valence-electron chi connectivity index (χ0n) is 10.2. The number of ether oxygens (including phenoxy) is 1. The number of hydrogen-bond donors (Lipinski definition) is 0. The van der Waals surface area contributed by atoms with Gasteiger partial charge in [0.25, 0.3) is 0 Å². The number of nitrogens with zero attached hydrogens (tertiary/aromatic N) is 1. The van der Waals surface area contributed by atoms with Crippen LogP contribution in [0.3, 0.4) is 0 Å². The average Bonchev–Trinajstić information content (AvgIpc) is 2.44. The zero-order valence-corrected chi connectivity index (χ0v) is 12.6. The van der Waals surface area contributed by atoms with Gasteiger partial charge in [-0.3, -0.25) is 0 Å². The molecule has 0 bridgehead atoms. The van der Waals surface area contributed by atoms with Gasteiger partial charge in [-0.2, -0.15) is 5.26 Å². The maximum Gasteiger partial charge on any atom is 0.137 e. The number of para-hydroxylation sites is 1. The lowest BCUT2D eigenvalue weighted by atomic mass is 10.2. The van der Waals surface area contributed by atoms with Crippen LogP contribution in [0, 0.1) is 11.3 Å². The summed E-state index contributed by atoms with van der Waals surface area (Å²) < 4.78 is 6.70. The van der Waals surface area contributed by atoms with Gasteiger partial charge in [0.1, 0.15) is 11.8 Å². The molecule has 0 fully saturated rings. The Balaban J connectivity index is 1.83. The van der Waals surface area contributed by atoms with Gasteiger partial charge in [0.05, 0.1) is 12.2 Å². The van der Waals surface area contributed by atoms with E-state index in [-0.39, 0.29) is 0 Å². The molecule has 0 saturated carbocycles. The Morgan fingerprint density at radius 3 is 2.79 bits per heavy atom. The van der Waals surface area contributed by atoms with Crippen LogP contribution < -0.4 is 4.74 Å². The molecule has 0 aliphatic rings. The minimum atomic E-state index is 0.579. The van der Waals surface area contributed by atoms with E-state index in [1.165, 1.54) is 4.90 Å². The number of benzene rings is 2. The Hall–Kier alpha value is -1.44. The third-order valence-corrected chi connectivity index (χ3v) is 3.86. The molecule has 0 amide bonds. The van der Waals surface area contributed by atoms with Crippen LogP contribution in [0.15, 0.2) is 57.9 Å². The van der Waals surface area contributed by atoms with E-state index >= 15 is 0 Å². The number of thioether (sulfide) groups is 1. The maximum absolute atomic E-state index is 8.94. The number of rotatable bonds is 5. The van der Waals surface area contributed by atoms with Crippen LogP contribution in [0.1, 0.15) is 5.56 Å². The molecule has 0 atom stereocenters. The van der Waals surface area contributed by atoms with Gasteiger partial charge in [0, 0.05) is 15.1 Å². The highest BCUT2D eigenvalue weighted by atomic mass is 79.9. The predicted molar refractivity (Wildman–Crippen MR) is 81.5 cm³/mol. The first-order valence-electron chi connectivity index (χ1n) is 5.80. The van der Waals surface area contributed by atoms with Crippen LogP contribution in [0.2, 0.25) is 0 Å². The summed E-state index contributed by atoms with van der Waals surface area (Å²) in [5.41, 5.74) is 0.579. The molecule has 2 rings (SSSR count). The summed E-state index contributed by atoms with van der Waals surface area (Å²) >= 11 is 5.18. The van der Waals surface area contributed by atoms with Gasteiger partial charge in [0.15, 0.2) is 0 Å². The Morgan fingerprint density at radius 1 is 1.16 bits per heavy atom. The van der Waals surface area contributed by atoms with E-state index in [1.54, 1.807) is 17.8 Å². The van der Waals surface area contributed by atoms with Crippen LogP contribution in [0.5, 0.6) is 5.75 Å². The van der Waals surface area contributed by atoms with E-state index < -0.39 is 0 Å². The molecule has 19 heavy (non-hydrogen) atoms. The highest BCUT2D eigenvalue weighted by Gasteiger charge is 2.01. The normalized spacial score (nSPS) is 9.89. The van der Waals surface area contributed by atoms with E-state index in [4.69, 9.17) is 10.00 Å². The fraction of sp³-hybridized carbons (Fsp3) is 0.133. The second kappa shape index (κ2) is 7.22. The van der Waals surface area contributed by atoms with Crippen molar-refractivity contribution in [3.05, 3.63) is 58.6 Å². The number of hydrogen-bond acceptors (Lipinski definition) is 3. The van der Waals surface area contributed by atoms with Gasteiger partial charge >= 0.3 is 0 Å². The number of nitriles is 1. The SMILES string of the molecule is N#Cc1ccccc1OCCSc1cccc(Br)c1. The van der Waals surface area contributed by atoms with Crippen molar-refractivity contribution >= 4 is 27.7 Å². The summed E-state index contributed by atoms with van der Waals surface area (Å²) in [5, 5.41) is 8.94. The summed E-state index contributed by atoms with van der Waals surface area (Å²) in [4.78, 5) is 1.20. The van der Waals surface area contributed by atoms with Gasteiger partial charge < -0.3 is 4.74 Å². The summed E-state index contributed by atoms with van der Waals surface area (Å²) in [6.45, 7) is 0.579. The fourth-order valence-corrected chi connectivity index (χ4v) is 2.89. The van der Waals surface area contributed by atoms with Crippen molar-refractivity contribution < 1.29 is 4.74 Å². The van der Waals surface area contributed by atoms with E-state index in [0.717, 1.165) is 10.2 Å². The quantitative estimate of drug-likeness (QED) is 0.596. The second-order valence-corrected chi connectivity index (χ2v) is 5.85. The van der Waals surface area contributed by atoms with Crippen molar-refractivity contribution in [1.29, 1.82) is 5.26 Å². The molecule has 96 valence electrons. The molecule has 0 unspecified atom stereocenters. The maximum atomic E-state index is 8.94. The molecule has 2 nitrogen and oxygen atoms in total. The standard InChI is InChI=1S/C15H12BrNOS/c16-13-5-3-6-14(10-13)19-9-8-18-15-7-2-1-4-12(15)11-17/h1-7,10H,8-9H2. The van der Waals surface area contributed by atoms with Crippen LogP contribution in [-0.2, 0) is 0 Å². The molecule has 0 N–H and O–H groups in total. The molecule has 0 radical (unpaired) electrons. The summed E-state index contributed by atoms with van der Waals surface area (Å²) in [6.07, 6.45) is 0. The van der Waals surface area contributed by atoms with Gasteiger partial charge in [-0.05, 0) is 30.3 Å². The average molecular weight is 334 g/mol. The first-order chi connectivity index (χ1) is 9.29. The molecular weight excluding hydrogens is 322 g/mol. The van der Waals surface area contributed by atoms with Crippen LogP contribution in [0.4, 0.5) is 0 Å². The highest BCUT2D eigenvalue weighted by molar-refractivity contribution is 9.10. The summed E-state index contributed by atoms with van der Waals surface area (Å²) in [5.74, 6) is 1.50. The third kappa shape index (κ3) is 4.30. The monoisotopic (exact) mass is 333 g/mol. The lowest BCUT2D eigenvalue weighted by Gasteiger charge is -2.07. The Kier molecular flexibility index (Phi) is 5.31. The van der Waals surface area contributed by atoms with Crippen molar-refractivity contribution in [2.75, 3.05) is 12.4 Å². The van der Waals surface area contributed by atoms with Gasteiger partial charge in [-0.15, -0.1) is 11.8 Å². The van der Waals surface area contributed by atoms with Gasteiger partial charge in [-0.25, -0.2) is 0 Å². The lowest BCUT2D eigenvalue weighted by Crippen LogP contribution is -2.01. The van der Waals surface area contributed by atoms with Gasteiger partial charge in [0.2, 0.25) is 0 Å². The van der Waals surface area contributed by atoms with Crippen LogP contribution >= 0.6 is 27.7 Å². The molecule has 0 spiro atoms. The third-order valence-electron chi connectivity index (χ3n) is 2.41. The molecular formula is C15H12BrNOS. The van der Waals surface area contributed by atoms with Crippen molar-refractivity contribution in [2.24, 2.45) is 0 Å². The Bertz CT molecular complexity index is 595. The largest absolute Gasteiger partial charge is 0.491 e. The minimum Gasteiger partial charge on any atom is -0.491 e. The van der Waals surface area contributed by atoms with Crippen LogP contribution in [0.25, 0.3) is 0 Å². The number of halogens is 1. The Labute approximate surface area is 125 Å². The fourth-order valence-electron chi connectivity index (χ4n) is 1.55. The lowest BCUT2D eigenvalue weighted by molar-refractivity contribution is 0.343. The predicted octanol–water partition coefficient (Wildman–Crippen LogP) is 4.49. The first-order valence-corrected chi connectivity index (χ1v) is 7.58. The van der Waals surface area contributed by atoms with E-state index in [9.17, 15) is 0 Å². The smallest absolute Gasteiger partial charge is 0.137 e. The van der Waals surface area contributed by atoms with E-state index in [0.29, 0.717) is 17.9 Å². The zero-order chi connectivity index (χ0) is 13.5. The van der Waals surface area contributed by atoms with Crippen molar-refractivity contribution in [3.63, 3.8) is 0 Å². The van der Waals surface area contributed by atoms with Crippen molar-refractivity contribution in [2.45, 2.75) is 4.90 Å². The van der Waals surface area contributed by atoms with Gasteiger partial charge in [-0.1, -0.05) is 34.1 Å². The molecule has 0 heterocycles. The van der Waals surface area contributed by atoms with Crippen molar-refractivity contribution in [3.8, 4) is 11.8 Å². The first kappa shape index (κ1) is 14.0. The molecule has 2 aromatic rings. The topological polar surface area (TPSA) is 33.0 Å². The molecule has 0 aliphatic carbocycles.